The van der Waals surface area contributed by atoms with Crippen LogP contribution in [0.1, 0.15) is 57.4 Å². The number of hydrogen-bond acceptors (Lipinski definition) is 8. The lowest BCUT2D eigenvalue weighted by Crippen LogP contribution is -2.55. The molecule has 3 saturated heterocycles. The highest BCUT2D eigenvalue weighted by Crippen LogP contribution is 2.25. The third-order valence-electron chi connectivity index (χ3n) is 12.3. The molecule has 0 radical (unpaired) electrons. The van der Waals surface area contributed by atoms with Crippen LogP contribution in [0.3, 0.4) is 0 Å². The number of amides is 3. The maximum atomic E-state index is 15.2. The first-order valence-corrected chi connectivity index (χ1v) is 20.9. The molecule has 0 bridgehead atoms. The van der Waals surface area contributed by atoms with Crippen LogP contribution in [0.15, 0.2) is 83.8 Å². The number of piperidine rings is 1. The molecule has 0 saturated carbocycles. The number of aromatic nitrogens is 3. The van der Waals surface area contributed by atoms with Gasteiger partial charge in [-0.2, -0.15) is 5.10 Å². The lowest BCUT2D eigenvalue weighted by atomic mass is 9.95. The predicted molar refractivity (Wildman–Crippen MR) is 225 cm³/mol. The summed E-state index contributed by atoms with van der Waals surface area (Å²) in [5.41, 5.74) is 3.56. The topological polar surface area (TPSA) is 126 Å². The average molecular weight is 817 g/mol. The van der Waals surface area contributed by atoms with Crippen LogP contribution in [0, 0.1) is 17.6 Å². The first-order chi connectivity index (χ1) is 29.1. The quantitative estimate of drug-likeness (QED) is 0.212. The number of piperazine rings is 2. The van der Waals surface area contributed by atoms with Crippen LogP contribution in [-0.4, -0.2) is 136 Å². The Balaban J connectivity index is 0.757. The van der Waals surface area contributed by atoms with Crippen LogP contribution < -0.4 is 5.56 Å². The Bertz CT molecular complexity index is 2440. The molecule has 1 N–H and O–H groups in total. The van der Waals surface area contributed by atoms with Gasteiger partial charge in [0, 0.05) is 95.6 Å². The Labute approximate surface area is 347 Å². The van der Waals surface area contributed by atoms with Gasteiger partial charge >= 0.3 is 0 Å². The highest BCUT2D eigenvalue weighted by atomic mass is 19.1. The Morgan fingerprint density at radius 2 is 1.40 bits per heavy atom. The lowest BCUT2D eigenvalue weighted by Gasteiger charge is -2.40. The zero-order valence-electron chi connectivity index (χ0n) is 33.9. The van der Waals surface area contributed by atoms with Gasteiger partial charge in [0.05, 0.1) is 23.2 Å². The normalized spacial score (nSPS) is 17.0. The van der Waals surface area contributed by atoms with Crippen molar-refractivity contribution in [1.82, 2.24) is 39.7 Å². The van der Waals surface area contributed by atoms with Crippen LogP contribution in [0.4, 0.5) is 8.78 Å². The van der Waals surface area contributed by atoms with E-state index in [1.165, 1.54) is 12.1 Å². The molecule has 3 aliphatic heterocycles. The van der Waals surface area contributed by atoms with E-state index in [9.17, 15) is 19.2 Å². The molecule has 14 heteroatoms. The van der Waals surface area contributed by atoms with Crippen LogP contribution in [0.5, 0.6) is 0 Å². The third kappa shape index (κ3) is 9.14. The molecule has 312 valence electrons. The van der Waals surface area contributed by atoms with Gasteiger partial charge in [-0.25, -0.2) is 18.9 Å². The Hall–Kier alpha value is -5.86. The second-order valence-electron chi connectivity index (χ2n) is 16.1. The van der Waals surface area contributed by atoms with Crippen molar-refractivity contribution < 1.29 is 23.2 Å². The summed E-state index contributed by atoms with van der Waals surface area (Å²) in [6.07, 6.45) is 4.45. The number of H-pyrrole nitrogens is 1. The molecule has 12 nitrogen and oxygen atoms in total. The Morgan fingerprint density at radius 1 is 0.700 bits per heavy atom. The first kappa shape index (κ1) is 40.9. The summed E-state index contributed by atoms with van der Waals surface area (Å²) < 4.78 is 30.2. The largest absolute Gasteiger partial charge is 0.338 e. The molecule has 5 aromatic rings. The van der Waals surface area contributed by atoms with Crippen molar-refractivity contribution in [2.45, 2.75) is 32.6 Å². The predicted octanol–water partition coefficient (Wildman–Crippen LogP) is 4.87. The second-order valence-corrected chi connectivity index (χ2v) is 16.1. The molecule has 3 aromatic carbocycles. The van der Waals surface area contributed by atoms with Gasteiger partial charge in [0.1, 0.15) is 5.82 Å². The molecule has 0 unspecified atom stereocenters. The molecule has 3 aliphatic rings. The highest BCUT2D eigenvalue weighted by Gasteiger charge is 2.31. The summed E-state index contributed by atoms with van der Waals surface area (Å²) in [6.45, 7) is 9.02. The van der Waals surface area contributed by atoms with Crippen molar-refractivity contribution in [2.75, 3.05) is 78.5 Å². The minimum atomic E-state index is -0.609. The maximum Gasteiger partial charge on any atom is 0.275 e. The van der Waals surface area contributed by atoms with Gasteiger partial charge in [-0.3, -0.25) is 24.1 Å². The van der Waals surface area contributed by atoms with Crippen molar-refractivity contribution in [3.8, 4) is 11.1 Å². The van der Waals surface area contributed by atoms with Crippen molar-refractivity contribution in [2.24, 2.45) is 5.92 Å². The Morgan fingerprint density at radius 3 is 2.13 bits per heavy atom. The minimum Gasteiger partial charge on any atom is -0.338 e. The van der Waals surface area contributed by atoms with Gasteiger partial charge in [-0.05, 0) is 66.1 Å². The van der Waals surface area contributed by atoms with Gasteiger partial charge in [0.15, 0.2) is 11.5 Å². The molecule has 60 heavy (non-hydrogen) atoms. The molecule has 5 heterocycles. The molecule has 0 spiro atoms. The number of carbonyl (C=O) groups is 3. The smallest absolute Gasteiger partial charge is 0.275 e. The molecule has 8 rings (SSSR count). The van der Waals surface area contributed by atoms with Gasteiger partial charge in [-0.15, -0.1) is 0 Å². The number of aromatic amines is 1. The summed E-state index contributed by atoms with van der Waals surface area (Å²) in [7, 11) is 0. The SMILES string of the molecule is CCc1cccc(-c2cnc(C(=O)N3CCC(CN4CCN(CC(=O)N5CCN(C(=O)c6cc(Cc7n[nH]c(=O)c8ccccc78)ccc6F)CC5)CC4)CC3)c(F)c2)c1. The van der Waals surface area contributed by atoms with E-state index in [-0.39, 0.29) is 28.6 Å². The molecule has 0 atom stereocenters. The zero-order chi connectivity index (χ0) is 41.8. The van der Waals surface area contributed by atoms with Crippen molar-refractivity contribution in [1.29, 1.82) is 0 Å². The highest BCUT2D eigenvalue weighted by molar-refractivity contribution is 5.95. The van der Waals surface area contributed by atoms with E-state index in [0.717, 1.165) is 63.1 Å². The lowest BCUT2D eigenvalue weighted by molar-refractivity contribution is -0.134. The molecule has 3 amide bonds. The number of rotatable bonds is 10. The van der Waals surface area contributed by atoms with E-state index >= 15 is 8.78 Å². The van der Waals surface area contributed by atoms with Crippen molar-refractivity contribution in [3.05, 3.63) is 129 Å². The first-order valence-electron chi connectivity index (χ1n) is 20.9. The molecular weight excluding hydrogens is 767 g/mol. The monoisotopic (exact) mass is 816 g/mol. The third-order valence-corrected chi connectivity index (χ3v) is 12.3. The number of likely N-dealkylation sites (tertiary alicyclic amines) is 1. The van der Waals surface area contributed by atoms with E-state index in [4.69, 9.17) is 0 Å². The van der Waals surface area contributed by atoms with E-state index in [2.05, 4.69) is 31.9 Å². The van der Waals surface area contributed by atoms with Crippen LogP contribution in [0.2, 0.25) is 0 Å². The Kier molecular flexibility index (Phi) is 12.4. The van der Waals surface area contributed by atoms with E-state index in [0.29, 0.717) is 85.7 Å². The summed E-state index contributed by atoms with van der Waals surface area (Å²) in [5, 5.41) is 7.96. The molecule has 0 aliphatic carbocycles. The number of aryl methyl sites for hydroxylation is 1. The van der Waals surface area contributed by atoms with Crippen LogP contribution >= 0.6 is 0 Å². The van der Waals surface area contributed by atoms with E-state index in [1.807, 2.05) is 36.4 Å². The number of fused-ring (bicyclic) bond motifs is 1. The average Bonchev–Trinajstić information content (AvgIpc) is 3.28. The van der Waals surface area contributed by atoms with Gasteiger partial charge in [0.2, 0.25) is 5.91 Å². The molecule has 2 aromatic heterocycles. The van der Waals surface area contributed by atoms with Crippen LogP contribution in [0.25, 0.3) is 21.9 Å². The standard InChI is InChI=1S/C46H50F2N8O4/c1-2-31-6-5-7-34(24-31)35-27-40(48)43(49-28-35)46(60)55-14-12-32(13-15-55)29-52-16-18-53(19-17-52)30-42(57)54-20-22-56(23-21-54)45(59)38-25-33(10-11-39(38)47)26-41-36-8-3-4-9-37(36)44(58)51-50-41/h3-11,24-25,27-28,32H,2,12-23,26,29-30H2,1H3,(H,51,58). The number of benzene rings is 3. The minimum absolute atomic E-state index is 0.0210. The summed E-state index contributed by atoms with van der Waals surface area (Å²) in [4.78, 5) is 66.3. The fourth-order valence-electron chi connectivity index (χ4n) is 8.65. The zero-order valence-corrected chi connectivity index (χ0v) is 33.9. The fourth-order valence-corrected chi connectivity index (χ4v) is 8.65. The van der Waals surface area contributed by atoms with E-state index < -0.39 is 17.5 Å². The van der Waals surface area contributed by atoms with Crippen molar-refractivity contribution >= 4 is 28.5 Å². The van der Waals surface area contributed by atoms with Crippen molar-refractivity contribution in [3.63, 3.8) is 0 Å². The fraction of sp³-hybridized carbons (Fsp3) is 0.391. The number of nitrogens with zero attached hydrogens (tertiary/aromatic N) is 7. The molecule has 3 fully saturated rings. The van der Waals surface area contributed by atoms with E-state index in [1.54, 1.807) is 45.2 Å². The second kappa shape index (κ2) is 18.2. The van der Waals surface area contributed by atoms with Gasteiger partial charge < -0.3 is 19.6 Å². The number of halogens is 2. The summed E-state index contributed by atoms with van der Waals surface area (Å²) in [5.74, 6) is -1.54. The number of pyridine rings is 1. The number of nitrogens with one attached hydrogen (secondary N) is 1. The number of hydrogen-bond donors (Lipinski definition) is 1. The maximum absolute atomic E-state index is 15.2. The van der Waals surface area contributed by atoms with Gasteiger partial charge in [0.25, 0.3) is 17.4 Å². The summed E-state index contributed by atoms with van der Waals surface area (Å²) >= 11 is 0. The molecular formula is C46H50F2N8O4. The summed E-state index contributed by atoms with van der Waals surface area (Å²) in [6, 6.07) is 20.9. The number of carbonyl (C=O) groups excluding carboxylic acids is 3. The van der Waals surface area contributed by atoms with Crippen LogP contribution in [-0.2, 0) is 17.6 Å². The van der Waals surface area contributed by atoms with Gasteiger partial charge in [-0.1, -0.05) is 55.5 Å².